The zero-order chi connectivity index (χ0) is 28.9. The summed E-state index contributed by atoms with van der Waals surface area (Å²) < 4.78 is 20.4. The van der Waals surface area contributed by atoms with Crippen LogP contribution < -0.4 is 20.9 Å². The maximum atomic E-state index is 14.9. The molecule has 3 aliphatic rings. The molecule has 10 nitrogen and oxygen atoms in total. The van der Waals surface area contributed by atoms with Crippen molar-refractivity contribution in [1.82, 2.24) is 36.2 Å². The second-order valence-corrected chi connectivity index (χ2v) is 11.4. The van der Waals surface area contributed by atoms with E-state index in [-0.39, 0.29) is 54.1 Å². The summed E-state index contributed by atoms with van der Waals surface area (Å²) in [7, 11) is 1.52. The highest BCUT2D eigenvalue weighted by Gasteiger charge is 2.43. The smallest absolute Gasteiger partial charge is 0.239 e. The van der Waals surface area contributed by atoms with E-state index in [1.165, 1.54) is 13.2 Å². The molecule has 4 unspecified atom stereocenters. The average Bonchev–Trinajstić information content (AvgIpc) is 3.43. The van der Waals surface area contributed by atoms with Crippen molar-refractivity contribution >= 4 is 11.8 Å². The number of likely N-dealkylation sites (tertiary alicyclic amines) is 1. The molecule has 41 heavy (non-hydrogen) atoms. The first-order valence-electron chi connectivity index (χ1n) is 14.9. The molecule has 6 atom stereocenters. The number of aromatic nitrogens is 2. The Hall–Kier alpha value is -3.15. The summed E-state index contributed by atoms with van der Waals surface area (Å²) in [6.45, 7) is 5.87. The largest absolute Gasteiger partial charge is 0.496 e. The summed E-state index contributed by atoms with van der Waals surface area (Å²) in [5.74, 6) is 0.385. The number of amides is 2. The lowest BCUT2D eigenvalue weighted by Gasteiger charge is -2.41. The molecule has 2 aliphatic heterocycles. The van der Waals surface area contributed by atoms with Crippen molar-refractivity contribution in [2.75, 3.05) is 26.7 Å². The maximum absolute atomic E-state index is 14.9. The Balaban J connectivity index is 1.28. The number of hydrogen-bond donors (Lipinski definition) is 3. The van der Waals surface area contributed by atoms with Crippen molar-refractivity contribution in [2.45, 2.75) is 76.7 Å². The molecule has 222 valence electrons. The van der Waals surface area contributed by atoms with Crippen molar-refractivity contribution in [1.29, 1.82) is 0 Å². The molecule has 3 heterocycles. The number of hydrogen-bond acceptors (Lipinski definition) is 8. The molecule has 3 N–H and O–H groups in total. The summed E-state index contributed by atoms with van der Waals surface area (Å²) in [6.07, 6.45) is 7.27. The van der Waals surface area contributed by atoms with E-state index in [0.717, 1.165) is 24.8 Å². The lowest BCUT2D eigenvalue weighted by Crippen LogP contribution is -2.57. The van der Waals surface area contributed by atoms with Gasteiger partial charge in [0.05, 0.1) is 25.4 Å². The summed E-state index contributed by atoms with van der Waals surface area (Å²) in [4.78, 5) is 30.9. The second kappa shape index (κ2) is 13.2. The van der Waals surface area contributed by atoms with Gasteiger partial charge in [0.25, 0.3) is 0 Å². The third-order valence-corrected chi connectivity index (χ3v) is 9.14. The third kappa shape index (κ3) is 6.37. The molecule has 0 spiro atoms. The highest BCUT2D eigenvalue weighted by Crippen LogP contribution is 2.40. The fraction of sp³-hybridized carbons (Fsp3) is 0.600. The third-order valence-electron chi connectivity index (χ3n) is 9.14. The molecule has 1 aromatic carbocycles. The number of nitrogens with zero attached hydrogens (tertiary/aromatic N) is 4. The number of halogens is 1. The molecule has 1 saturated carbocycles. The molecule has 2 saturated heterocycles. The minimum Gasteiger partial charge on any atom is -0.496 e. The van der Waals surface area contributed by atoms with Gasteiger partial charge in [-0.05, 0) is 75.6 Å². The van der Waals surface area contributed by atoms with Gasteiger partial charge >= 0.3 is 0 Å². The number of nitrogens with one attached hydrogen (secondary N) is 3. The highest BCUT2D eigenvalue weighted by molar-refractivity contribution is 5.82. The van der Waals surface area contributed by atoms with Crippen molar-refractivity contribution in [2.24, 2.45) is 11.8 Å². The van der Waals surface area contributed by atoms with Crippen LogP contribution in [0.15, 0.2) is 36.7 Å². The molecule has 2 aromatic rings. The lowest BCUT2D eigenvalue weighted by molar-refractivity contribution is -0.138. The Morgan fingerprint density at radius 2 is 1.95 bits per heavy atom. The van der Waals surface area contributed by atoms with E-state index in [0.29, 0.717) is 49.8 Å². The normalized spacial score (nSPS) is 28.1. The Labute approximate surface area is 241 Å². The number of carbonyl (C=O) groups is 2. The second-order valence-electron chi connectivity index (χ2n) is 11.4. The van der Waals surface area contributed by atoms with E-state index in [9.17, 15) is 14.0 Å². The fourth-order valence-electron chi connectivity index (χ4n) is 6.88. The number of benzene rings is 1. The number of rotatable bonds is 9. The molecule has 11 heteroatoms. The van der Waals surface area contributed by atoms with Crippen LogP contribution in [0.3, 0.4) is 0 Å². The number of fused-ring (bicyclic) bond motifs is 1. The Morgan fingerprint density at radius 1 is 1.12 bits per heavy atom. The van der Waals surface area contributed by atoms with E-state index in [1.807, 2.05) is 29.7 Å². The number of ether oxygens (including phenoxy) is 1. The predicted octanol–water partition coefficient (Wildman–Crippen LogP) is 2.58. The quantitative estimate of drug-likeness (QED) is 0.424. The van der Waals surface area contributed by atoms with Gasteiger partial charge in [-0.3, -0.25) is 19.9 Å². The maximum Gasteiger partial charge on any atom is 0.239 e. The van der Waals surface area contributed by atoms with E-state index in [4.69, 9.17) is 4.74 Å². The number of likely N-dealkylation sites (N-methyl/N-ethyl adjacent to an activating group) is 1. The van der Waals surface area contributed by atoms with Crippen LogP contribution in [-0.2, 0) is 16.1 Å². The summed E-state index contributed by atoms with van der Waals surface area (Å²) >= 11 is 0. The molecular weight excluding hydrogens is 525 g/mol. The van der Waals surface area contributed by atoms with Gasteiger partial charge in [-0.1, -0.05) is 6.07 Å². The van der Waals surface area contributed by atoms with Crippen LogP contribution in [0, 0.1) is 17.7 Å². The lowest BCUT2D eigenvalue weighted by atomic mass is 9.74. The standard InChI is InChI=1S/C30H42FN7O3/c1-4-37(5-2)30(40)26-12-10-21(17-38(26)18-23-24(31)7-6-8-27(23)41-3)34-29(39)19-9-11-25-22(15-19)28(36-35-25)20-13-14-32-33-16-20/h6-8,13-14,16,19,21-22,25-26,28,35-36H,4-5,9-12,15,17-18H2,1-3H3,(H,34,39)/t19?,21-,22?,25?,26+,28?/m1/s1. The zero-order valence-electron chi connectivity index (χ0n) is 24.2. The van der Waals surface area contributed by atoms with Crippen molar-refractivity contribution in [3.05, 3.63) is 53.6 Å². The number of piperidine rings is 1. The predicted molar refractivity (Wildman–Crippen MR) is 152 cm³/mol. The van der Waals surface area contributed by atoms with Gasteiger partial charge in [0.2, 0.25) is 11.8 Å². The molecule has 1 aliphatic carbocycles. The average molecular weight is 568 g/mol. The van der Waals surface area contributed by atoms with Gasteiger partial charge in [0.1, 0.15) is 11.6 Å². The van der Waals surface area contributed by atoms with Crippen LogP contribution in [0.25, 0.3) is 0 Å². The molecule has 0 radical (unpaired) electrons. The summed E-state index contributed by atoms with van der Waals surface area (Å²) in [6, 6.07) is 6.63. The van der Waals surface area contributed by atoms with E-state index >= 15 is 0 Å². The Kier molecular flexibility index (Phi) is 9.46. The van der Waals surface area contributed by atoms with E-state index in [1.54, 1.807) is 24.5 Å². The van der Waals surface area contributed by atoms with Gasteiger partial charge in [0, 0.05) is 55.9 Å². The molecule has 3 fully saturated rings. The van der Waals surface area contributed by atoms with Crippen molar-refractivity contribution < 1.29 is 18.7 Å². The van der Waals surface area contributed by atoms with Crippen LogP contribution >= 0.6 is 0 Å². The molecule has 2 amide bonds. The minimum absolute atomic E-state index is 0.0475. The van der Waals surface area contributed by atoms with Crippen LogP contribution in [-0.4, -0.2) is 76.7 Å². The van der Waals surface area contributed by atoms with Gasteiger partial charge in [-0.15, -0.1) is 0 Å². The monoisotopic (exact) mass is 567 g/mol. The number of methoxy groups -OCH3 is 1. The van der Waals surface area contributed by atoms with Crippen LogP contribution in [0.1, 0.15) is 63.1 Å². The number of carbonyl (C=O) groups excluding carboxylic acids is 2. The van der Waals surface area contributed by atoms with Crippen LogP contribution in [0.4, 0.5) is 4.39 Å². The Bertz CT molecular complexity index is 1200. The van der Waals surface area contributed by atoms with E-state index < -0.39 is 0 Å². The van der Waals surface area contributed by atoms with E-state index in [2.05, 4.69) is 26.4 Å². The topological polar surface area (TPSA) is 112 Å². The number of hydrazine groups is 1. The first-order chi connectivity index (χ1) is 19.9. The van der Waals surface area contributed by atoms with Crippen LogP contribution in [0.2, 0.25) is 0 Å². The van der Waals surface area contributed by atoms with Gasteiger partial charge < -0.3 is 15.0 Å². The molecule has 0 bridgehead atoms. The van der Waals surface area contributed by atoms with Gasteiger partial charge in [-0.25, -0.2) is 9.82 Å². The fourth-order valence-corrected chi connectivity index (χ4v) is 6.88. The first-order valence-corrected chi connectivity index (χ1v) is 14.9. The van der Waals surface area contributed by atoms with Crippen LogP contribution in [0.5, 0.6) is 5.75 Å². The summed E-state index contributed by atoms with van der Waals surface area (Å²) in [5, 5.41) is 11.2. The van der Waals surface area contributed by atoms with Crippen molar-refractivity contribution in [3.63, 3.8) is 0 Å². The molecular formula is C30H42FN7O3. The Morgan fingerprint density at radius 3 is 2.68 bits per heavy atom. The van der Waals surface area contributed by atoms with Crippen molar-refractivity contribution in [3.8, 4) is 5.75 Å². The SMILES string of the molecule is CCN(CC)C(=O)[C@@H]1CC[C@@H](NC(=O)C2CCC3NNC(c4ccnnc4)C3C2)CN1Cc1c(F)cccc1OC. The zero-order valence-corrected chi connectivity index (χ0v) is 24.2. The molecule has 5 rings (SSSR count). The summed E-state index contributed by atoms with van der Waals surface area (Å²) in [5.41, 5.74) is 8.30. The first kappa shape index (κ1) is 29.3. The minimum atomic E-state index is -0.381. The molecule has 1 aromatic heterocycles. The van der Waals surface area contributed by atoms with Gasteiger partial charge in [-0.2, -0.15) is 10.2 Å². The van der Waals surface area contributed by atoms with Gasteiger partial charge in [0.15, 0.2) is 0 Å². The highest BCUT2D eigenvalue weighted by atomic mass is 19.1.